The van der Waals surface area contributed by atoms with Gasteiger partial charge in [0, 0.05) is 30.1 Å². The summed E-state index contributed by atoms with van der Waals surface area (Å²) in [5.41, 5.74) is 9.18. The third-order valence-corrected chi connectivity index (χ3v) is 3.59. The normalized spacial score (nSPS) is 17.5. The molecular formula is C13H13ClN4O3. The van der Waals surface area contributed by atoms with Crippen molar-refractivity contribution in [3.05, 3.63) is 39.2 Å². The molecule has 0 saturated carbocycles. The van der Waals surface area contributed by atoms with Crippen molar-refractivity contribution in [1.82, 2.24) is 0 Å². The number of ether oxygens (including phenoxy) is 1. The van der Waals surface area contributed by atoms with E-state index in [0.29, 0.717) is 18.7 Å². The van der Waals surface area contributed by atoms with Crippen LogP contribution in [0.2, 0.25) is 5.02 Å². The fraction of sp³-hybridized carbons (Fsp3) is 0.385. The van der Waals surface area contributed by atoms with Crippen molar-refractivity contribution in [2.75, 3.05) is 25.1 Å². The van der Waals surface area contributed by atoms with E-state index in [2.05, 4.69) is 14.8 Å². The molecule has 1 heterocycles. The van der Waals surface area contributed by atoms with Crippen LogP contribution in [0.25, 0.3) is 10.4 Å². The fourth-order valence-corrected chi connectivity index (χ4v) is 2.50. The Morgan fingerprint density at radius 2 is 2.38 bits per heavy atom. The van der Waals surface area contributed by atoms with Crippen LogP contribution in [0.1, 0.15) is 16.8 Å². The van der Waals surface area contributed by atoms with Crippen LogP contribution in [-0.4, -0.2) is 32.1 Å². The Bertz CT molecular complexity index is 628. The molecule has 0 radical (unpaired) electrons. The summed E-state index contributed by atoms with van der Waals surface area (Å²) in [6, 6.07) is 4.73. The zero-order chi connectivity index (χ0) is 15.4. The molecule has 8 heteroatoms. The number of carbonyl (C=O) groups excluding carboxylic acids is 2. The summed E-state index contributed by atoms with van der Waals surface area (Å²) in [4.78, 5) is 27.7. The Balaban J connectivity index is 2.19. The quantitative estimate of drug-likeness (QED) is 0.370. The molecular weight excluding hydrogens is 296 g/mol. The molecule has 1 atom stereocenters. The third kappa shape index (κ3) is 3.26. The first kappa shape index (κ1) is 15.2. The maximum atomic E-state index is 12.0. The number of rotatable bonds is 4. The lowest BCUT2D eigenvalue weighted by Gasteiger charge is -2.17. The van der Waals surface area contributed by atoms with Crippen molar-refractivity contribution in [2.24, 2.45) is 11.0 Å². The SMILES string of the molecule is COC(=O)c1ccc(N2CC(CN=[N+]=[N-])CC2=O)cc1Cl. The summed E-state index contributed by atoms with van der Waals surface area (Å²) in [5, 5.41) is 3.72. The minimum absolute atomic E-state index is 0.00698. The molecule has 0 bridgehead atoms. The van der Waals surface area contributed by atoms with Crippen molar-refractivity contribution >= 4 is 29.2 Å². The molecule has 110 valence electrons. The molecule has 1 unspecified atom stereocenters. The second kappa shape index (κ2) is 6.47. The summed E-state index contributed by atoms with van der Waals surface area (Å²) in [6.07, 6.45) is 0.329. The van der Waals surface area contributed by atoms with Gasteiger partial charge in [0.1, 0.15) is 0 Å². The first-order valence-corrected chi connectivity index (χ1v) is 6.63. The van der Waals surface area contributed by atoms with Gasteiger partial charge in [-0.3, -0.25) is 4.79 Å². The average molecular weight is 309 g/mol. The summed E-state index contributed by atoms with van der Waals surface area (Å²) in [5.74, 6) is -0.594. The number of amides is 1. The van der Waals surface area contributed by atoms with E-state index >= 15 is 0 Å². The van der Waals surface area contributed by atoms with Crippen LogP contribution in [0.15, 0.2) is 23.3 Å². The van der Waals surface area contributed by atoms with Crippen LogP contribution in [0.3, 0.4) is 0 Å². The van der Waals surface area contributed by atoms with E-state index in [9.17, 15) is 9.59 Å². The Morgan fingerprint density at radius 3 is 3.00 bits per heavy atom. The molecule has 0 N–H and O–H groups in total. The van der Waals surface area contributed by atoms with E-state index in [1.807, 2.05) is 0 Å². The van der Waals surface area contributed by atoms with Gasteiger partial charge in [-0.15, -0.1) is 0 Å². The lowest BCUT2D eigenvalue weighted by molar-refractivity contribution is -0.117. The van der Waals surface area contributed by atoms with Gasteiger partial charge in [0.2, 0.25) is 5.91 Å². The van der Waals surface area contributed by atoms with Gasteiger partial charge < -0.3 is 9.64 Å². The van der Waals surface area contributed by atoms with Gasteiger partial charge in [-0.05, 0) is 29.6 Å². The zero-order valence-electron chi connectivity index (χ0n) is 11.3. The molecule has 1 aliphatic rings. The highest BCUT2D eigenvalue weighted by molar-refractivity contribution is 6.34. The van der Waals surface area contributed by atoms with Crippen LogP contribution in [0.4, 0.5) is 5.69 Å². The maximum absolute atomic E-state index is 12.0. The molecule has 0 aliphatic carbocycles. The first-order valence-electron chi connectivity index (χ1n) is 6.26. The van der Waals surface area contributed by atoms with E-state index in [1.54, 1.807) is 17.0 Å². The van der Waals surface area contributed by atoms with Gasteiger partial charge in [-0.25, -0.2) is 4.79 Å². The standard InChI is InChI=1S/C13H13ClN4O3/c1-21-13(20)10-3-2-9(5-11(10)14)18-7-8(4-12(18)19)6-16-17-15/h2-3,5,8H,4,6-7H2,1H3. The summed E-state index contributed by atoms with van der Waals surface area (Å²) in [6.45, 7) is 0.748. The predicted octanol–water partition coefficient (Wildman–Crippen LogP) is 2.79. The first-order chi connectivity index (χ1) is 10.1. The molecule has 21 heavy (non-hydrogen) atoms. The lowest BCUT2D eigenvalue weighted by Crippen LogP contribution is -2.24. The number of hydrogen-bond donors (Lipinski definition) is 0. The average Bonchev–Trinajstić information content (AvgIpc) is 2.85. The summed E-state index contributed by atoms with van der Waals surface area (Å²) >= 11 is 6.04. The van der Waals surface area contributed by atoms with Crippen molar-refractivity contribution < 1.29 is 14.3 Å². The van der Waals surface area contributed by atoms with Crippen LogP contribution in [0.5, 0.6) is 0 Å². The fourth-order valence-electron chi connectivity index (χ4n) is 2.25. The Morgan fingerprint density at radius 1 is 1.62 bits per heavy atom. The lowest BCUT2D eigenvalue weighted by atomic mass is 10.1. The highest BCUT2D eigenvalue weighted by atomic mass is 35.5. The van der Waals surface area contributed by atoms with Crippen molar-refractivity contribution in [3.63, 3.8) is 0 Å². The highest BCUT2D eigenvalue weighted by Crippen LogP contribution is 2.29. The van der Waals surface area contributed by atoms with E-state index < -0.39 is 5.97 Å². The van der Waals surface area contributed by atoms with Gasteiger partial charge in [0.05, 0.1) is 17.7 Å². The molecule has 1 aliphatic heterocycles. The summed E-state index contributed by atoms with van der Waals surface area (Å²) < 4.78 is 4.61. The largest absolute Gasteiger partial charge is 0.465 e. The van der Waals surface area contributed by atoms with Crippen LogP contribution in [0, 0.1) is 5.92 Å². The Labute approximate surface area is 126 Å². The number of hydrogen-bond acceptors (Lipinski definition) is 4. The second-order valence-electron chi connectivity index (χ2n) is 4.64. The number of methoxy groups -OCH3 is 1. The molecule has 1 amide bonds. The van der Waals surface area contributed by atoms with E-state index in [4.69, 9.17) is 17.1 Å². The number of benzene rings is 1. The van der Waals surface area contributed by atoms with Gasteiger partial charge in [-0.2, -0.15) is 0 Å². The molecule has 7 nitrogen and oxygen atoms in total. The monoisotopic (exact) mass is 308 g/mol. The van der Waals surface area contributed by atoms with Crippen LogP contribution >= 0.6 is 11.6 Å². The van der Waals surface area contributed by atoms with Gasteiger partial charge >= 0.3 is 5.97 Å². The molecule has 1 fully saturated rings. The third-order valence-electron chi connectivity index (χ3n) is 3.28. The van der Waals surface area contributed by atoms with E-state index in [0.717, 1.165) is 0 Å². The number of esters is 1. The zero-order valence-corrected chi connectivity index (χ0v) is 12.1. The van der Waals surface area contributed by atoms with Crippen molar-refractivity contribution in [1.29, 1.82) is 0 Å². The Hall–Kier alpha value is -2.24. The predicted molar refractivity (Wildman–Crippen MR) is 77.3 cm³/mol. The van der Waals surface area contributed by atoms with E-state index in [-0.39, 0.29) is 29.0 Å². The summed E-state index contributed by atoms with van der Waals surface area (Å²) in [7, 11) is 1.27. The smallest absolute Gasteiger partial charge is 0.339 e. The number of azide groups is 1. The number of anilines is 1. The van der Waals surface area contributed by atoms with Gasteiger partial charge in [-0.1, -0.05) is 16.7 Å². The highest BCUT2D eigenvalue weighted by Gasteiger charge is 2.30. The number of nitrogens with zero attached hydrogens (tertiary/aromatic N) is 4. The van der Waals surface area contributed by atoms with E-state index in [1.165, 1.54) is 13.2 Å². The minimum Gasteiger partial charge on any atom is -0.465 e. The van der Waals surface area contributed by atoms with Crippen molar-refractivity contribution in [2.45, 2.75) is 6.42 Å². The molecule has 1 aromatic rings. The minimum atomic E-state index is -0.527. The number of carbonyl (C=O) groups is 2. The number of halogens is 1. The van der Waals surface area contributed by atoms with Crippen LogP contribution < -0.4 is 4.90 Å². The Kier molecular flexibility index (Phi) is 4.67. The van der Waals surface area contributed by atoms with Gasteiger partial charge in [0.25, 0.3) is 0 Å². The molecule has 2 rings (SSSR count). The van der Waals surface area contributed by atoms with Crippen molar-refractivity contribution in [3.8, 4) is 0 Å². The maximum Gasteiger partial charge on any atom is 0.339 e. The van der Waals surface area contributed by atoms with Crippen LogP contribution in [-0.2, 0) is 9.53 Å². The second-order valence-corrected chi connectivity index (χ2v) is 5.05. The molecule has 0 spiro atoms. The molecule has 0 aromatic heterocycles. The molecule has 1 saturated heterocycles. The van der Waals surface area contributed by atoms with Gasteiger partial charge in [0.15, 0.2) is 0 Å². The molecule has 1 aromatic carbocycles. The topological polar surface area (TPSA) is 95.4 Å².